The van der Waals surface area contributed by atoms with Crippen molar-refractivity contribution < 1.29 is 4.57 Å². The molecule has 1 radical (unpaired) electrons. The zero-order chi connectivity index (χ0) is 9.80. The predicted molar refractivity (Wildman–Crippen MR) is 55.3 cm³/mol. The average molecular weight is 203 g/mol. The summed E-state index contributed by atoms with van der Waals surface area (Å²) in [4.78, 5) is 7.76. The first kappa shape index (κ1) is 8.97. The van der Waals surface area contributed by atoms with Crippen LogP contribution in [0, 0.1) is 0 Å². The number of rotatable bonds is 2. The van der Waals surface area contributed by atoms with Crippen LogP contribution in [0.3, 0.4) is 0 Å². The summed E-state index contributed by atoms with van der Waals surface area (Å²) in [5.74, 6) is 0. The molecule has 0 saturated carbocycles. The molecule has 0 bridgehead atoms. The molecular weight excluding hydrogens is 195 g/mol. The van der Waals surface area contributed by atoms with E-state index in [0.29, 0.717) is 0 Å². The van der Waals surface area contributed by atoms with Crippen molar-refractivity contribution in [3.8, 4) is 0 Å². The van der Waals surface area contributed by atoms with E-state index in [2.05, 4.69) is 9.97 Å². The summed E-state index contributed by atoms with van der Waals surface area (Å²) in [6.45, 7) is 0. The third-order valence-corrected chi connectivity index (χ3v) is 3.33. The number of nitrogens with zero attached hydrogens (tertiary/aromatic N) is 2. The fourth-order valence-electron chi connectivity index (χ4n) is 1.11. The van der Waals surface area contributed by atoms with Gasteiger partial charge in [0.25, 0.3) is 0 Å². The fraction of sp³-hybridized carbons (Fsp3) is 0. The van der Waals surface area contributed by atoms with Crippen molar-refractivity contribution in [2.24, 2.45) is 0 Å². The van der Waals surface area contributed by atoms with Crippen LogP contribution < -0.4 is 10.6 Å². The molecule has 69 valence electrons. The lowest BCUT2D eigenvalue weighted by Crippen LogP contribution is -2.06. The Morgan fingerprint density at radius 3 is 1.50 bits per heavy atom. The van der Waals surface area contributed by atoms with Crippen LogP contribution in [0.15, 0.2) is 49.1 Å². The van der Waals surface area contributed by atoms with Gasteiger partial charge in [-0.25, -0.2) is 0 Å². The van der Waals surface area contributed by atoms with Crippen LogP contribution in [0.5, 0.6) is 0 Å². The molecule has 0 aliphatic heterocycles. The summed E-state index contributed by atoms with van der Waals surface area (Å²) in [5.41, 5.74) is 0. The van der Waals surface area contributed by atoms with E-state index >= 15 is 0 Å². The Labute approximate surface area is 82.6 Å². The smallest absolute Gasteiger partial charge is 0.136 e. The van der Waals surface area contributed by atoms with E-state index in [0.717, 1.165) is 10.6 Å². The molecule has 0 atom stereocenters. The lowest BCUT2D eigenvalue weighted by Gasteiger charge is -1.99. The number of pyridine rings is 2. The van der Waals surface area contributed by atoms with E-state index in [-0.39, 0.29) is 0 Å². The highest BCUT2D eigenvalue weighted by atomic mass is 31.1. The highest BCUT2D eigenvalue weighted by Gasteiger charge is 2.05. The highest BCUT2D eigenvalue weighted by Crippen LogP contribution is 2.17. The highest BCUT2D eigenvalue weighted by molar-refractivity contribution is 7.61. The van der Waals surface area contributed by atoms with Crippen molar-refractivity contribution in [1.82, 2.24) is 9.97 Å². The molecule has 2 heterocycles. The molecule has 2 rings (SSSR count). The molecule has 0 aliphatic carbocycles. The lowest BCUT2D eigenvalue weighted by atomic mass is 10.5. The summed E-state index contributed by atoms with van der Waals surface area (Å²) >= 11 is 0. The van der Waals surface area contributed by atoms with Crippen LogP contribution >= 0.6 is 7.80 Å². The molecule has 4 heteroatoms. The first-order valence-corrected chi connectivity index (χ1v) is 5.41. The Morgan fingerprint density at radius 1 is 0.786 bits per heavy atom. The van der Waals surface area contributed by atoms with Crippen molar-refractivity contribution in [3.63, 3.8) is 0 Å². The Morgan fingerprint density at radius 2 is 1.14 bits per heavy atom. The van der Waals surface area contributed by atoms with Crippen LogP contribution in [-0.4, -0.2) is 9.97 Å². The third-order valence-electron chi connectivity index (χ3n) is 1.79. The molecule has 2 aromatic heterocycles. The van der Waals surface area contributed by atoms with Gasteiger partial charge >= 0.3 is 0 Å². The monoisotopic (exact) mass is 203 g/mol. The second-order valence-electron chi connectivity index (χ2n) is 2.71. The summed E-state index contributed by atoms with van der Waals surface area (Å²) in [5, 5.41) is 1.59. The van der Waals surface area contributed by atoms with Crippen LogP contribution in [-0.2, 0) is 4.57 Å². The molecule has 0 fully saturated rings. The van der Waals surface area contributed by atoms with Gasteiger partial charge in [0, 0.05) is 35.4 Å². The molecule has 3 nitrogen and oxygen atoms in total. The van der Waals surface area contributed by atoms with Gasteiger partial charge in [-0.3, -0.25) is 14.5 Å². The van der Waals surface area contributed by atoms with Gasteiger partial charge in [-0.1, -0.05) is 0 Å². The van der Waals surface area contributed by atoms with Gasteiger partial charge < -0.3 is 0 Å². The molecule has 0 aromatic carbocycles. The van der Waals surface area contributed by atoms with Crippen molar-refractivity contribution >= 4 is 18.4 Å². The van der Waals surface area contributed by atoms with E-state index in [1.807, 2.05) is 0 Å². The molecule has 0 amide bonds. The van der Waals surface area contributed by atoms with E-state index < -0.39 is 7.80 Å². The van der Waals surface area contributed by atoms with Crippen LogP contribution in [0.2, 0.25) is 0 Å². The number of hydrogen-bond donors (Lipinski definition) is 0. The van der Waals surface area contributed by atoms with Gasteiger partial charge in [-0.15, -0.1) is 0 Å². The Hall–Kier alpha value is -1.60. The van der Waals surface area contributed by atoms with Gasteiger partial charge in [-0.05, 0) is 24.3 Å². The molecule has 0 N–H and O–H groups in total. The van der Waals surface area contributed by atoms with Crippen LogP contribution in [0.1, 0.15) is 0 Å². The van der Waals surface area contributed by atoms with Crippen molar-refractivity contribution in [3.05, 3.63) is 49.1 Å². The van der Waals surface area contributed by atoms with Gasteiger partial charge in [0.1, 0.15) is 7.80 Å². The maximum atomic E-state index is 11.9. The van der Waals surface area contributed by atoms with Crippen molar-refractivity contribution in [1.29, 1.82) is 0 Å². The zero-order valence-electron chi connectivity index (χ0n) is 7.37. The molecule has 0 unspecified atom stereocenters. The van der Waals surface area contributed by atoms with Gasteiger partial charge in [0.15, 0.2) is 0 Å². The zero-order valence-corrected chi connectivity index (χ0v) is 8.26. The van der Waals surface area contributed by atoms with Crippen molar-refractivity contribution in [2.75, 3.05) is 0 Å². The molecule has 2 aromatic rings. The summed E-state index contributed by atoms with van der Waals surface area (Å²) in [7, 11) is -1.50. The topological polar surface area (TPSA) is 42.9 Å². The molecule has 0 saturated heterocycles. The van der Waals surface area contributed by atoms with E-state index in [9.17, 15) is 4.57 Å². The first-order valence-electron chi connectivity index (χ1n) is 4.15. The average Bonchev–Trinajstić information content (AvgIpc) is 2.30. The van der Waals surface area contributed by atoms with Gasteiger partial charge in [0.05, 0.1) is 0 Å². The van der Waals surface area contributed by atoms with Gasteiger partial charge in [0.2, 0.25) is 0 Å². The SMILES string of the molecule is O=[P](c1ccncc1)c1ccncc1. The molecular formula is C10H8N2OP. The molecule has 0 spiro atoms. The second kappa shape index (κ2) is 4.07. The van der Waals surface area contributed by atoms with E-state index in [1.54, 1.807) is 49.1 Å². The normalized spacial score (nSPS) is 9.71. The minimum atomic E-state index is -1.50. The molecule has 0 aliphatic rings. The number of aromatic nitrogens is 2. The lowest BCUT2D eigenvalue weighted by molar-refractivity contribution is 0.598. The summed E-state index contributed by atoms with van der Waals surface area (Å²) in [6, 6.07) is 7.05. The van der Waals surface area contributed by atoms with E-state index in [4.69, 9.17) is 0 Å². The van der Waals surface area contributed by atoms with Crippen LogP contribution in [0.4, 0.5) is 0 Å². The summed E-state index contributed by atoms with van der Waals surface area (Å²) in [6.07, 6.45) is 6.57. The Balaban J connectivity index is 2.35. The minimum absolute atomic E-state index is 0.793. The standard InChI is InChI=1S/C10H8N2OP/c13-14(9-1-5-11-6-2-9)10-3-7-12-8-4-10/h1-8H. The largest absolute Gasteiger partial charge is 0.277 e. The quantitative estimate of drug-likeness (QED) is 0.690. The Kier molecular flexibility index (Phi) is 2.61. The second-order valence-corrected chi connectivity index (χ2v) is 4.33. The third kappa shape index (κ3) is 1.83. The van der Waals surface area contributed by atoms with Gasteiger partial charge in [-0.2, -0.15) is 0 Å². The Bertz CT molecular complexity index is 389. The summed E-state index contributed by atoms with van der Waals surface area (Å²) < 4.78 is 11.9. The van der Waals surface area contributed by atoms with E-state index in [1.165, 1.54) is 0 Å². The first-order chi connectivity index (χ1) is 6.88. The van der Waals surface area contributed by atoms with Crippen molar-refractivity contribution in [2.45, 2.75) is 0 Å². The fourth-order valence-corrected chi connectivity index (χ4v) is 2.21. The predicted octanol–water partition coefficient (Wildman–Crippen LogP) is 1.25. The number of hydrogen-bond acceptors (Lipinski definition) is 3. The maximum Gasteiger partial charge on any atom is 0.136 e. The molecule has 14 heavy (non-hydrogen) atoms. The minimum Gasteiger partial charge on any atom is -0.277 e. The maximum absolute atomic E-state index is 11.9. The van der Waals surface area contributed by atoms with Crippen LogP contribution in [0.25, 0.3) is 0 Å².